The molecule has 0 spiro atoms. The van der Waals surface area contributed by atoms with E-state index in [9.17, 15) is 0 Å². The average molecular weight is 176 g/mol. The summed E-state index contributed by atoms with van der Waals surface area (Å²) in [6.45, 7) is 2.10. The first-order valence-corrected chi connectivity index (χ1v) is 5.20. The Morgan fingerprint density at radius 1 is 1.58 bits per heavy atom. The van der Waals surface area contributed by atoms with Gasteiger partial charge < -0.3 is 0 Å². The fourth-order valence-electron chi connectivity index (χ4n) is 1.65. The summed E-state index contributed by atoms with van der Waals surface area (Å²) in [4.78, 5) is 2.95. The van der Waals surface area contributed by atoms with Crippen LogP contribution < -0.4 is 0 Å². The van der Waals surface area contributed by atoms with Gasteiger partial charge in [0.05, 0.1) is 5.92 Å². The Bertz CT molecular complexity index is 306. The van der Waals surface area contributed by atoms with Crippen LogP contribution in [0.25, 0.3) is 0 Å². The van der Waals surface area contributed by atoms with Crippen LogP contribution in [0.5, 0.6) is 0 Å². The van der Waals surface area contributed by atoms with E-state index in [1.54, 1.807) is 10.4 Å². The molecule has 62 valence electrons. The minimum Gasteiger partial charge on any atom is -0.144 e. The topological polar surface area (TPSA) is 0 Å². The maximum Gasteiger partial charge on any atom is 0.0515 e. The molecule has 0 saturated heterocycles. The SMILES string of the molecule is C#CC(C)c1cc2c(s1)CCC2. The molecular formula is C11H12S. The molecule has 2 rings (SSSR count). The molecule has 1 aromatic heterocycles. The Balaban J connectivity index is 2.32. The lowest BCUT2D eigenvalue weighted by Crippen LogP contribution is -1.83. The largest absolute Gasteiger partial charge is 0.144 e. The van der Waals surface area contributed by atoms with Crippen LogP contribution in [0.4, 0.5) is 0 Å². The highest BCUT2D eigenvalue weighted by atomic mass is 32.1. The van der Waals surface area contributed by atoms with Gasteiger partial charge in [0.1, 0.15) is 0 Å². The predicted octanol–water partition coefficient (Wildman–Crippen LogP) is 2.97. The third kappa shape index (κ3) is 1.17. The molecule has 0 aromatic carbocycles. The van der Waals surface area contributed by atoms with E-state index in [1.165, 1.54) is 24.1 Å². The Hall–Kier alpha value is -0.740. The van der Waals surface area contributed by atoms with Gasteiger partial charge >= 0.3 is 0 Å². The van der Waals surface area contributed by atoms with Crippen LogP contribution in [0.2, 0.25) is 0 Å². The summed E-state index contributed by atoms with van der Waals surface area (Å²) in [5, 5.41) is 0. The zero-order valence-corrected chi connectivity index (χ0v) is 8.08. The van der Waals surface area contributed by atoms with E-state index >= 15 is 0 Å². The molecule has 0 saturated carbocycles. The molecule has 1 unspecified atom stereocenters. The van der Waals surface area contributed by atoms with Crippen molar-refractivity contribution in [1.29, 1.82) is 0 Å². The second-order valence-corrected chi connectivity index (χ2v) is 4.51. The Labute approximate surface area is 77.6 Å². The van der Waals surface area contributed by atoms with E-state index in [1.807, 2.05) is 11.3 Å². The van der Waals surface area contributed by atoms with Crippen molar-refractivity contribution in [3.63, 3.8) is 0 Å². The van der Waals surface area contributed by atoms with Crippen LogP contribution in [0, 0.1) is 12.3 Å². The van der Waals surface area contributed by atoms with Crippen LogP contribution in [-0.2, 0) is 12.8 Å². The van der Waals surface area contributed by atoms with Gasteiger partial charge in [0.25, 0.3) is 0 Å². The second kappa shape index (κ2) is 2.95. The number of hydrogen-bond donors (Lipinski definition) is 0. The lowest BCUT2D eigenvalue weighted by Gasteiger charge is -1.97. The lowest BCUT2D eigenvalue weighted by molar-refractivity contribution is 0.911. The summed E-state index contributed by atoms with van der Waals surface area (Å²) >= 11 is 1.91. The summed E-state index contributed by atoms with van der Waals surface area (Å²) < 4.78 is 0. The summed E-state index contributed by atoms with van der Waals surface area (Å²) in [6.07, 6.45) is 9.26. The molecule has 0 amide bonds. The van der Waals surface area contributed by atoms with E-state index in [4.69, 9.17) is 6.42 Å². The third-order valence-electron chi connectivity index (χ3n) is 2.44. The van der Waals surface area contributed by atoms with Crippen molar-refractivity contribution in [1.82, 2.24) is 0 Å². The minimum atomic E-state index is 0.306. The summed E-state index contributed by atoms with van der Waals surface area (Å²) in [5.41, 5.74) is 1.55. The van der Waals surface area contributed by atoms with Gasteiger partial charge in [-0.25, -0.2) is 0 Å². The first-order valence-electron chi connectivity index (χ1n) is 4.39. The monoisotopic (exact) mass is 176 g/mol. The van der Waals surface area contributed by atoms with Crippen molar-refractivity contribution in [2.24, 2.45) is 0 Å². The number of rotatable bonds is 1. The standard InChI is InChI=1S/C11H12S/c1-3-8(2)11-7-9-5-4-6-10(9)12-11/h1,7-8H,4-6H2,2H3. The molecule has 1 aromatic rings. The first kappa shape index (κ1) is 7.89. The highest BCUT2D eigenvalue weighted by molar-refractivity contribution is 7.12. The summed E-state index contributed by atoms with van der Waals surface area (Å²) in [5.74, 6) is 3.09. The fraction of sp³-hybridized carbons (Fsp3) is 0.455. The van der Waals surface area contributed by atoms with Crippen molar-refractivity contribution in [2.75, 3.05) is 0 Å². The lowest BCUT2D eigenvalue weighted by atomic mass is 10.1. The Morgan fingerprint density at radius 3 is 3.08 bits per heavy atom. The van der Waals surface area contributed by atoms with Gasteiger partial charge in [0, 0.05) is 9.75 Å². The van der Waals surface area contributed by atoms with Crippen LogP contribution >= 0.6 is 11.3 Å². The zero-order chi connectivity index (χ0) is 8.55. The second-order valence-electron chi connectivity index (χ2n) is 3.34. The van der Waals surface area contributed by atoms with Crippen LogP contribution in [0.15, 0.2) is 6.07 Å². The van der Waals surface area contributed by atoms with Crippen LogP contribution in [0.1, 0.15) is 34.6 Å². The van der Waals surface area contributed by atoms with Crippen molar-refractivity contribution in [3.8, 4) is 12.3 Å². The van der Waals surface area contributed by atoms with Gasteiger partial charge in [-0.1, -0.05) is 5.92 Å². The number of hydrogen-bond acceptors (Lipinski definition) is 1. The van der Waals surface area contributed by atoms with Gasteiger partial charge in [0.2, 0.25) is 0 Å². The van der Waals surface area contributed by atoms with Crippen molar-refractivity contribution in [3.05, 3.63) is 21.4 Å². The van der Waals surface area contributed by atoms with Crippen LogP contribution in [-0.4, -0.2) is 0 Å². The van der Waals surface area contributed by atoms with E-state index in [2.05, 4.69) is 18.9 Å². The highest BCUT2D eigenvalue weighted by Crippen LogP contribution is 2.33. The maximum atomic E-state index is 5.38. The molecule has 0 radical (unpaired) electrons. The van der Waals surface area contributed by atoms with Crippen molar-refractivity contribution >= 4 is 11.3 Å². The molecule has 0 nitrogen and oxygen atoms in total. The number of fused-ring (bicyclic) bond motifs is 1. The quantitative estimate of drug-likeness (QED) is 0.577. The molecular weight excluding hydrogens is 164 g/mol. The van der Waals surface area contributed by atoms with Gasteiger partial charge in [-0.15, -0.1) is 17.8 Å². The Morgan fingerprint density at radius 2 is 2.42 bits per heavy atom. The zero-order valence-electron chi connectivity index (χ0n) is 7.26. The van der Waals surface area contributed by atoms with Gasteiger partial charge in [-0.05, 0) is 37.8 Å². The number of terminal acetylenes is 1. The smallest absolute Gasteiger partial charge is 0.0515 e. The molecule has 0 aliphatic heterocycles. The molecule has 0 N–H and O–H groups in total. The van der Waals surface area contributed by atoms with E-state index in [-0.39, 0.29) is 0 Å². The number of aryl methyl sites for hydroxylation is 2. The fourth-order valence-corrected chi connectivity index (χ4v) is 2.92. The van der Waals surface area contributed by atoms with Gasteiger partial charge in [0.15, 0.2) is 0 Å². The van der Waals surface area contributed by atoms with E-state index < -0.39 is 0 Å². The molecule has 12 heavy (non-hydrogen) atoms. The van der Waals surface area contributed by atoms with E-state index in [0.717, 1.165) is 0 Å². The minimum absolute atomic E-state index is 0.306. The van der Waals surface area contributed by atoms with Gasteiger partial charge in [-0.2, -0.15) is 0 Å². The molecule has 1 heterocycles. The van der Waals surface area contributed by atoms with E-state index in [0.29, 0.717) is 5.92 Å². The summed E-state index contributed by atoms with van der Waals surface area (Å²) in [6, 6.07) is 2.30. The molecule has 1 heteroatoms. The van der Waals surface area contributed by atoms with Gasteiger partial charge in [-0.3, -0.25) is 0 Å². The molecule has 1 aliphatic rings. The highest BCUT2D eigenvalue weighted by Gasteiger charge is 2.16. The normalized spacial score (nSPS) is 17.0. The van der Waals surface area contributed by atoms with Crippen molar-refractivity contribution in [2.45, 2.75) is 32.1 Å². The Kier molecular flexibility index (Phi) is 1.94. The van der Waals surface area contributed by atoms with Crippen molar-refractivity contribution < 1.29 is 0 Å². The summed E-state index contributed by atoms with van der Waals surface area (Å²) in [7, 11) is 0. The van der Waals surface area contributed by atoms with Crippen LogP contribution in [0.3, 0.4) is 0 Å². The molecule has 1 aliphatic carbocycles. The molecule has 0 fully saturated rings. The maximum absolute atomic E-state index is 5.38. The molecule has 1 atom stereocenters. The average Bonchev–Trinajstić information content (AvgIpc) is 2.60. The first-order chi connectivity index (χ1) is 5.81. The number of thiophene rings is 1. The predicted molar refractivity (Wildman–Crippen MR) is 53.6 cm³/mol. The molecule has 0 bridgehead atoms. The third-order valence-corrected chi connectivity index (χ3v) is 3.86.